The smallest absolute Gasteiger partial charge is 0.197 e. The van der Waals surface area contributed by atoms with E-state index in [2.05, 4.69) is 0 Å². The van der Waals surface area contributed by atoms with Gasteiger partial charge in [-0.15, -0.1) is 0 Å². The van der Waals surface area contributed by atoms with Crippen LogP contribution in [0.2, 0.25) is 0 Å². The van der Waals surface area contributed by atoms with E-state index in [1.165, 1.54) is 0 Å². The van der Waals surface area contributed by atoms with E-state index in [1.807, 2.05) is 6.92 Å². The van der Waals surface area contributed by atoms with Crippen LogP contribution in [-0.4, -0.2) is 18.7 Å². The maximum absolute atomic E-state index is 12.3. The molecular formula is C15H15ClO3. The Labute approximate surface area is 117 Å². The predicted molar refractivity (Wildman–Crippen MR) is 73.6 cm³/mol. The summed E-state index contributed by atoms with van der Waals surface area (Å²) in [4.78, 5) is 24.3. The molecule has 1 aliphatic carbocycles. The van der Waals surface area contributed by atoms with Crippen LogP contribution in [0.25, 0.3) is 0 Å². The van der Waals surface area contributed by atoms with Crippen molar-refractivity contribution in [1.29, 1.82) is 0 Å². The van der Waals surface area contributed by atoms with Gasteiger partial charge in [-0.1, -0.05) is 18.5 Å². The van der Waals surface area contributed by atoms with Crippen LogP contribution in [-0.2, 0) is 4.79 Å². The first kappa shape index (κ1) is 13.8. The number of hydrogen-bond acceptors (Lipinski definition) is 3. The number of rotatable bonds is 3. The van der Waals surface area contributed by atoms with Crippen molar-refractivity contribution in [2.75, 3.05) is 7.11 Å². The maximum Gasteiger partial charge on any atom is 0.197 e. The number of benzene rings is 1. The molecule has 0 aliphatic heterocycles. The molecule has 0 fully saturated rings. The Morgan fingerprint density at radius 1 is 1.26 bits per heavy atom. The second-order valence-corrected chi connectivity index (χ2v) is 5.23. The molecule has 0 amide bonds. The van der Waals surface area contributed by atoms with E-state index in [0.717, 1.165) is 0 Å². The molecule has 4 heteroatoms. The van der Waals surface area contributed by atoms with Crippen LogP contribution in [0.1, 0.15) is 30.1 Å². The maximum atomic E-state index is 12.3. The number of halogens is 1. The van der Waals surface area contributed by atoms with Crippen LogP contribution < -0.4 is 4.74 Å². The zero-order valence-electron chi connectivity index (χ0n) is 10.9. The fourth-order valence-electron chi connectivity index (χ4n) is 2.19. The van der Waals surface area contributed by atoms with Crippen LogP contribution in [0.5, 0.6) is 5.75 Å². The summed E-state index contributed by atoms with van der Waals surface area (Å²) >= 11 is 6.09. The molecule has 0 saturated heterocycles. The lowest BCUT2D eigenvalue weighted by atomic mass is 9.86. The molecule has 0 aromatic heterocycles. The average molecular weight is 279 g/mol. The van der Waals surface area contributed by atoms with E-state index >= 15 is 0 Å². The minimum Gasteiger partial charge on any atom is -0.497 e. The van der Waals surface area contributed by atoms with Crippen LogP contribution >= 0.6 is 11.6 Å². The van der Waals surface area contributed by atoms with E-state index < -0.39 is 0 Å². The number of carbonyl (C=O) groups excluding carboxylic acids is 2. The number of ketones is 2. The summed E-state index contributed by atoms with van der Waals surface area (Å²) in [5, 5.41) is 0.379. The monoisotopic (exact) mass is 278 g/mol. The molecule has 0 N–H and O–H groups in total. The van der Waals surface area contributed by atoms with Gasteiger partial charge in [-0.25, -0.2) is 0 Å². The summed E-state index contributed by atoms with van der Waals surface area (Å²) in [5.74, 6) is 0.404. The lowest BCUT2D eigenvalue weighted by molar-refractivity contribution is -0.116. The van der Waals surface area contributed by atoms with Gasteiger partial charge in [-0.2, -0.15) is 0 Å². The molecule has 0 saturated carbocycles. The second-order valence-electron chi connectivity index (χ2n) is 4.77. The molecule has 1 atom stereocenters. The third-order valence-corrected chi connectivity index (χ3v) is 3.53. The van der Waals surface area contributed by atoms with Gasteiger partial charge in [-0.05, 0) is 36.6 Å². The second kappa shape index (κ2) is 5.57. The highest BCUT2D eigenvalue weighted by Gasteiger charge is 2.29. The molecule has 100 valence electrons. The highest BCUT2D eigenvalue weighted by molar-refractivity contribution is 6.39. The summed E-state index contributed by atoms with van der Waals surface area (Å²) in [6.45, 7) is 1.95. The van der Waals surface area contributed by atoms with Crippen molar-refractivity contribution >= 4 is 23.2 Å². The molecule has 1 aromatic carbocycles. The van der Waals surface area contributed by atoms with Gasteiger partial charge >= 0.3 is 0 Å². The highest BCUT2D eigenvalue weighted by Crippen LogP contribution is 2.31. The van der Waals surface area contributed by atoms with Gasteiger partial charge in [0.15, 0.2) is 11.6 Å². The van der Waals surface area contributed by atoms with Crippen LogP contribution in [0.4, 0.5) is 0 Å². The third kappa shape index (κ3) is 2.87. The van der Waals surface area contributed by atoms with Gasteiger partial charge in [0.25, 0.3) is 0 Å². The van der Waals surface area contributed by atoms with E-state index in [1.54, 1.807) is 31.4 Å². The quantitative estimate of drug-likeness (QED) is 0.629. The number of allylic oxidation sites excluding steroid dienone is 2. The Bertz CT molecular complexity index is 543. The van der Waals surface area contributed by atoms with Crippen molar-refractivity contribution < 1.29 is 14.3 Å². The fraction of sp³-hybridized carbons (Fsp3) is 0.333. The Kier molecular flexibility index (Phi) is 4.05. The Hall–Kier alpha value is -1.61. The highest BCUT2D eigenvalue weighted by atomic mass is 35.5. The molecular weight excluding hydrogens is 264 g/mol. The number of hydrogen-bond donors (Lipinski definition) is 0. The van der Waals surface area contributed by atoms with E-state index in [0.29, 0.717) is 29.2 Å². The topological polar surface area (TPSA) is 43.4 Å². The van der Waals surface area contributed by atoms with Gasteiger partial charge in [0.05, 0.1) is 12.7 Å². The minimum absolute atomic E-state index is 0.143. The summed E-state index contributed by atoms with van der Waals surface area (Å²) < 4.78 is 5.03. The molecule has 0 heterocycles. The zero-order valence-corrected chi connectivity index (χ0v) is 11.7. The van der Waals surface area contributed by atoms with Gasteiger partial charge in [0.2, 0.25) is 0 Å². The Morgan fingerprint density at radius 3 is 2.42 bits per heavy atom. The fourth-order valence-corrected chi connectivity index (χ4v) is 2.64. The number of ether oxygens (including phenoxy) is 1. The minimum atomic E-state index is -0.301. The Balaban J connectivity index is 2.32. The van der Waals surface area contributed by atoms with Crippen molar-refractivity contribution in [2.45, 2.75) is 19.8 Å². The first-order valence-electron chi connectivity index (χ1n) is 6.13. The first-order valence-corrected chi connectivity index (χ1v) is 6.51. The molecule has 0 radical (unpaired) electrons. The lowest BCUT2D eigenvalue weighted by Gasteiger charge is -2.19. The molecule has 3 nitrogen and oxygen atoms in total. The average Bonchev–Trinajstić information content (AvgIpc) is 2.37. The van der Waals surface area contributed by atoms with Crippen LogP contribution in [0.15, 0.2) is 34.9 Å². The summed E-state index contributed by atoms with van der Waals surface area (Å²) in [6, 6.07) is 6.67. The predicted octanol–water partition coefficient (Wildman–Crippen LogP) is 3.37. The molecule has 1 aromatic rings. The van der Waals surface area contributed by atoms with Crippen molar-refractivity contribution in [3.63, 3.8) is 0 Å². The van der Waals surface area contributed by atoms with E-state index in [9.17, 15) is 9.59 Å². The zero-order chi connectivity index (χ0) is 14.0. The van der Waals surface area contributed by atoms with Crippen LogP contribution in [0, 0.1) is 5.92 Å². The number of carbonyl (C=O) groups is 2. The molecule has 0 bridgehead atoms. The van der Waals surface area contributed by atoms with Gasteiger partial charge in [0, 0.05) is 17.0 Å². The number of methoxy groups -OCH3 is 1. The lowest BCUT2D eigenvalue weighted by Crippen LogP contribution is -2.22. The molecule has 19 heavy (non-hydrogen) atoms. The Morgan fingerprint density at radius 2 is 1.89 bits per heavy atom. The van der Waals surface area contributed by atoms with Crippen molar-refractivity contribution in [2.24, 2.45) is 5.92 Å². The molecule has 0 spiro atoms. The summed E-state index contributed by atoms with van der Waals surface area (Å²) in [5.41, 5.74) is 0.599. The van der Waals surface area contributed by atoms with Crippen LogP contribution in [0.3, 0.4) is 0 Å². The summed E-state index contributed by atoms with van der Waals surface area (Å²) in [6.07, 6.45) is 0.970. The third-order valence-electron chi connectivity index (χ3n) is 3.19. The molecule has 2 rings (SSSR count). The molecule has 1 aliphatic rings. The van der Waals surface area contributed by atoms with E-state index in [-0.39, 0.29) is 23.1 Å². The number of Topliss-reactive ketones (excluding diaryl/α,β-unsaturated/α-hetero) is 2. The normalized spacial score (nSPS) is 19.5. The van der Waals surface area contributed by atoms with Crippen molar-refractivity contribution in [3.8, 4) is 5.75 Å². The standard InChI is InChI=1S/C15H15ClO3/c1-9-7-12(16)14(13(17)8-9)15(18)10-3-5-11(19-2)6-4-10/h3-6,9H,7-8H2,1-2H3. The van der Waals surface area contributed by atoms with Crippen molar-refractivity contribution in [1.82, 2.24) is 0 Å². The van der Waals surface area contributed by atoms with Gasteiger partial charge in [-0.3, -0.25) is 9.59 Å². The molecule has 1 unspecified atom stereocenters. The van der Waals surface area contributed by atoms with E-state index in [4.69, 9.17) is 16.3 Å². The summed E-state index contributed by atoms with van der Waals surface area (Å²) in [7, 11) is 1.56. The van der Waals surface area contributed by atoms with Gasteiger partial charge < -0.3 is 4.74 Å². The first-order chi connectivity index (χ1) is 9.02. The van der Waals surface area contributed by atoms with Gasteiger partial charge in [0.1, 0.15) is 5.75 Å². The SMILES string of the molecule is COc1ccc(C(=O)C2=C(Cl)CC(C)CC2=O)cc1. The van der Waals surface area contributed by atoms with Crippen molar-refractivity contribution in [3.05, 3.63) is 40.4 Å². The largest absolute Gasteiger partial charge is 0.497 e.